The van der Waals surface area contributed by atoms with Crippen LogP contribution in [0.5, 0.6) is 0 Å². The molecule has 0 nitrogen and oxygen atoms in total. The van der Waals surface area contributed by atoms with Crippen molar-refractivity contribution in [2.24, 2.45) is 5.92 Å². The molecule has 0 aromatic rings. The van der Waals surface area contributed by atoms with Gasteiger partial charge in [-0.3, -0.25) is 0 Å². The van der Waals surface area contributed by atoms with Crippen LogP contribution in [0.15, 0.2) is 12.2 Å². The molecule has 0 rings (SSSR count). The predicted molar refractivity (Wildman–Crippen MR) is 38.6 cm³/mol. The lowest BCUT2D eigenvalue weighted by molar-refractivity contribution is 0.899. The minimum atomic E-state index is 0.474. The molecular formula is C8H15. The van der Waals surface area contributed by atoms with E-state index in [2.05, 4.69) is 32.9 Å². The number of hydrogen-bond donors (Lipinski definition) is 0. The molecule has 0 saturated carbocycles. The van der Waals surface area contributed by atoms with E-state index in [1.165, 1.54) is 12.8 Å². The van der Waals surface area contributed by atoms with Crippen LogP contribution in [0.3, 0.4) is 0 Å². The second-order valence-electron chi connectivity index (χ2n) is 2.19. The fourth-order valence-electron chi connectivity index (χ4n) is 0.495. The molecule has 0 heterocycles. The Balaban J connectivity index is 3.07. The van der Waals surface area contributed by atoms with Crippen molar-refractivity contribution in [3.8, 4) is 0 Å². The topological polar surface area (TPSA) is 0 Å². The van der Waals surface area contributed by atoms with E-state index in [1.807, 2.05) is 0 Å². The second kappa shape index (κ2) is 4.89. The molecule has 8 heavy (non-hydrogen) atoms. The van der Waals surface area contributed by atoms with Crippen molar-refractivity contribution in [3.63, 3.8) is 0 Å². The van der Waals surface area contributed by atoms with Crippen molar-refractivity contribution in [2.75, 3.05) is 0 Å². The summed E-state index contributed by atoms with van der Waals surface area (Å²) >= 11 is 0. The Hall–Kier alpha value is -0.260. The minimum Gasteiger partial charge on any atom is -0.0883 e. The van der Waals surface area contributed by atoms with Crippen molar-refractivity contribution < 1.29 is 0 Å². The highest BCUT2D eigenvalue weighted by atomic mass is 13.9. The van der Waals surface area contributed by atoms with E-state index in [4.69, 9.17) is 0 Å². The first-order valence-electron chi connectivity index (χ1n) is 3.27. The summed E-state index contributed by atoms with van der Waals surface area (Å²) in [5, 5.41) is 0. The predicted octanol–water partition coefficient (Wildman–Crippen LogP) is 2.81. The van der Waals surface area contributed by atoms with Crippen LogP contribution in [0.1, 0.15) is 26.7 Å². The average molecular weight is 111 g/mol. The smallest absolute Gasteiger partial charge is 0.0262 e. The molecule has 0 aromatic carbocycles. The van der Waals surface area contributed by atoms with Crippen LogP contribution < -0.4 is 0 Å². The Morgan fingerprint density at radius 2 is 2.25 bits per heavy atom. The molecule has 1 unspecified atom stereocenters. The maximum Gasteiger partial charge on any atom is -0.0262 e. The van der Waals surface area contributed by atoms with Crippen molar-refractivity contribution in [1.82, 2.24) is 0 Å². The Morgan fingerprint density at radius 1 is 1.62 bits per heavy atom. The SMILES string of the molecule is [CH2]C(C)/C=C/CCC. The van der Waals surface area contributed by atoms with Crippen molar-refractivity contribution in [1.29, 1.82) is 0 Å². The molecule has 0 saturated heterocycles. The zero-order chi connectivity index (χ0) is 6.41. The van der Waals surface area contributed by atoms with Gasteiger partial charge in [0, 0.05) is 0 Å². The maximum atomic E-state index is 3.82. The number of rotatable bonds is 3. The van der Waals surface area contributed by atoms with Gasteiger partial charge in [0.2, 0.25) is 0 Å². The highest BCUT2D eigenvalue weighted by Gasteiger charge is 1.80. The third-order valence-corrected chi connectivity index (χ3v) is 0.920. The molecule has 0 fully saturated rings. The van der Waals surface area contributed by atoms with Gasteiger partial charge in [-0.05, 0) is 19.3 Å². The third-order valence-electron chi connectivity index (χ3n) is 0.920. The number of unbranched alkanes of at least 4 members (excludes halogenated alkanes) is 1. The lowest BCUT2D eigenvalue weighted by Gasteiger charge is -1.90. The Bertz CT molecular complexity index is 60.4. The minimum absolute atomic E-state index is 0.474. The average Bonchev–Trinajstić information content (AvgIpc) is 1.66. The van der Waals surface area contributed by atoms with E-state index in [-0.39, 0.29) is 0 Å². The molecule has 47 valence electrons. The molecule has 0 aliphatic rings. The molecule has 0 aromatic heterocycles. The van der Waals surface area contributed by atoms with Gasteiger partial charge in [-0.1, -0.05) is 32.4 Å². The fourth-order valence-corrected chi connectivity index (χ4v) is 0.495. The second-order valence-corrected chi connectivity index (χ2v) is 2.19. The molecule has 0 aliphatic heterocycles. The summed E-state index contributed by atoms with van der Waals surface area (Å²) in [4.78, 5) is 0. The lowest BCUT2D eigenvalue weighted by atomic mass is 10.2. The lowest BCUT2D eigenvalue weighted by Crippen LogP contribution is -1.76. The van der Waals surface area contributed by atoms with Crippen LogP contribution in [0.25, 0.3) is 0 Å². The van der Waals surface area contributed by atoms with Gasteiger partial charge in [0.05, 0.1) is 0 Å². The van der Waals surface area contributed by atoms with Crippen molar-refractivity contribution >= 4 is 0 Å². The molecule has 1 atom stereocenters. The van der Waals surface area contributed by atoms with Crippen LogP contribution in [0, 0.1) is 12.8 Å². The zero-order valence-electron chi connectivity index (χ0n) is 5.85. The van der Waals surface area contributed by atoms with Gasteiger partial charge < -0.3 is 0 Å². The summed E-state index contributed by atoms with van der Waals surface area (Å²) in [5.74, 6) is 0.474. The zero-order valence-corrected chi connectivity index (χ0v) is 5.85. The summed E-state index contributed by atoms with van der Waals surface area (Å²) in [7, 11) is 0. The summed E-state index contributed by atoms with van der Waals surface area (Å²) < 4.78 is 0. The Morgan fingerprint density at radius 3 is 2.62 bits per heavy atom. The molecular weight excluding hydrogens is 96.1 g/mol. The van der Waals surface area contributed by atoms with E-state index in [0.29, 0.717) is 5.92 Å². The third kappa shape index (κ3) is 5.74. The molecule has 0 aliphatic carbocycles. The summed E-state index contributed by atoms with van der Waals surface area (Å²) in [6, 6.07) is 0. The van der Waals surface area contributed by atoms with Gasteiger partial charge in [0.25, 0.3) is 0 Å². The quantitative estimate of drug-likeness (QED) is 0.491. The van der Waals surface area contributed by atoms with Crippen LogP contribution >= 0.6 is 0 Å². The molecule has 0 spiro atoms. The number of hydrogen-bond acceptors (Lipinski definition) is 0. The summed E-state index contributed by atoms with van der Waals surface area (Å²) in [6.45, 7) is 8.09. The van der Waals surface area contributed by atoms with E-state index < -0.39 is 0 Å². The molecule has 1 radical (unpaired) electrons. The normalized spacial score (nSPS) is 11.5. The monoisotopic (exact) mass is 111 g/mol. The van der Waals surface area contributed by atoms with Gasteiger partial charge in [0.15, 0.2) is 0 Å². The van der Waals surface area contributed by atoms with E-state index in [9.17, 15) is 0 Å². The fraction of sp³-hybridized carbons (Fsp3) is 0.625. The van der Waals surface area contributed by atoms with Crippen LogP contribution in [-0.2, 0) is 0 Å². The Labute approximate surface area is 52.6 Å². The number of allylic oxidation sites excluding steroid dienone is 2. The van der Waals surface area contributed by atoms with Crippen molar-refractivity contribution in [2.45, 2.75) is 26.7 Å². The van der Waals surface area contributed by atoms with Gasteiger partial charge in [0.1, 0.15) is 0 Å². The first kappa shape index (κ1) is 7.74. The van der Waals surface area contributed by atoms with Crippen molar-refractivity contribution in [3.05, 3.63) is 19.1 Å². The molecule has 0 N–H and O–H groups in total. The first-order valence-corrected chi connectivity index (χ1v) is 3.27. The van der Waals surface area contributed by atoms with Crippen LogP contribution in [0.2, 0.25) is 0 Å². The van der Waals surface area contributed by atoms with Gasteiger partial charge in [-0.2, -0.15) is 0 Å². The van der Waals surface area contributed by atoms with Gasteiger partial charge in [-0.25, -0.2) is 0 Å². The van der Waals surface area contributed by atoms with Crippen LogP contribution in [-0.4, -0.2) is 0 Å². The maximum absolute atomic E-state index is 3.82. The van der Waals surface area contributed by atoms with Gasteiger partial charge in [-0.15, -0.1) is 0 Å². The highest BCUT2D eigenvalue weighted by molar-refractivity contribution is 4.86. The van der Waals surface area contributed by atoms with Gasteiger partial charge >= 0.3 is 0 Å². The largest absolute Gasteiger partial charge is 0.0883 e. The Kier molecular flexibility index (Phi) is 4.73. The highest BCUT2D eigenvalue weighted by Crippen LogP contribution is 1.95. The first-order chi connectivity index (χ1) is 3.77. The molecule has 0 heteroatoms. The standard InChI is InChI=1S/C8H15/c1-4-5-6-7-8(2)3/h6-8H,2,4-5H2,1,3H3/b7-6+. The molecule has 0 bridgehead atoms. The summed E-state index contributed by atoms with van der Waals surface area (Å²) in [6.07, 6.45) is 6.77. The van der Waals surface area contributed by atoms with Crippen LogP contribution in [0.4, 0.5) is 0 Å². The molecule has 0 amide bonds. The van der Waals surface area contributed by atoms with E-state index >= 15 is 0 Å². The van der Waals surface area contributed by atoms with E-state index in [0.717, 1.165) is 0 Å². The summed E-state index contributed by atoms with van der Waals surface area (Å²) in [5.41, 5.74) is 0. The van der Waals surface area contributed by atoms with E-state index in [1.54, 1.807) is 0 Å².